The van der Waals surface area contributed by atoms with Gasteiger partial charge in [-0.1, -0.05) is 30.3 Å². The Labute approximate surface area is 122 Å². The molecule has 0 saturated heterocycles. The maximum Gasteiger partial charge on any atom is 0.328 e. The van der Waals surface area contributed by atoms with E-state index in [1.807, 2.05) is 30.3 Å². The lowest BCUT2D eigenvalue weighted by molar-refractivity contribution is -0.145. The van der Waals surface area contributed by atoms with Crippen molar-refractivity contribution >= 4 is 17.8 Å². The summed E-state index contributed by atoms with van der Waals surface area (Å²) in [5, 5.41) is 11.1. The predicted octanol–water partition coefficient (Wildman–Crippen LogP) is -0.311. The molecule has 1 amide bonds. The first-order chi connectivity index (χ1) is 9.93. The molecule has 0 aromatic heterocycles. The predicted molar refractivity (Wildman–Crippen MR) is 74.3 cm³/mol. The number of esters is 1. The van der Waals surface area contributed by atoms with Crippen molar-refractivity contribution < 1.29 is 24.2 Å². The Morgan fingerprint density at radius 2 is 1.90 bits per heavy atom. The van der Waals surface area contributed by atoms with Crippen molar-refractivity contribution in [1.82, 2.24) is 5.32 Å². The largest absolute Gasteiger partial charge is 0.480 e. The topological polar surface area (TPSA) is 119 Å². The Morgan fingerprint density at radius 3 is 2.43 bits per heavy atom. The van der Waals surface area contributed by atoms with Gasteiger partial charge in [-0.25, -0.2) is 4.79 Å². The van der Waals surface area contributed by atoms with Crippen LogP contribution in [0, 0.1) is 0 Å². The van der Waals surface area contributed by atoms with Crippen molar-refractivity contribution in [2.75, 3.05) is 7.11 Å². The molecule has 1 aromatic carbocycles. The molecule has 0 spiro atoms. The van der Waals surface area contributed by atoms with E-state index in [-0.39, 0.29) is 6.42 Å². The van der Waals surface area contributed by atoms with Gasteiger partial charge in [-0.05, 0) is 5.56 Å². The van der Waals surface area contributed by atoms with Crippen molar-refractivity contribution in [3.05, 3.63) is 35.9 Å². The van der Waals surface area contributed by atoms with Crippen LogP contribution >= 0.6 is 0 Å². The van der Waals surface area contributed by atoms with Crippen molar-refractivity contribution in [3.8, 4) is 0 Å². The summed E-state index contributed by atoms with van der Waals surface area (Å²) >= 11 is 0. The minimum atomic E-state index is -1.31. The zero-order valence-corrected chi connectivity index (χ0v) is 11.6. The first-order valence-electron chi connectivity index (χ1n) is 6.33. The van der Waals surface area contributed by atoms with Crippen molar-refractivity contribution in [2.24, 2.45) is 5.73 Å². The highest BCUT2D eigenvalue weighted by atomic mass is 16.5. The zero-order valence-electron chi connectivity index (χ0n) is 11.6. The van der Waals surface area contributed by atoms with Gasteiger partial charge in [-0.3, -0.25) is 9.59 Å². The summed E-state index contributed by atoms with van der Waals surface area (Å²) in [5.41, 5.74) is 6.12. The molecule has 0 saturated carbocycles. The number of nitrogens with two attached hydrogens (primary N) is 1. The molecule has 4 N–H and O–H groups in total. The number of carboxylic acids is 1. The third-order valence-electron chi connectivity index (χ3n) is 2.83. The van der Waals surface area contributed by atoms with Gasteiger partial charge in [0.15, 0.2) is 0 Å². The number of benzene rings is 1. The van der Waals surface area contributed by atoms with E-state index in [0.717, 1.165) is 5.56 Å². The van der Waals surface area contributed by atoms with Crippen LogP contribution < -0.4 is 11.1 Å². The fourth-order valence-corrected chi connectivity index (χ4v) is 1.73. The standard InChI is InChI=1S/C14H18N2O5/c1-21-14(20)11(7-9-5-3-2-4-6-9)16-12(17)8-10(15)13(18)19/h2-6,10-11H,7-8,15H2,1H3,(H,16,17)(H,18,19)/t10?,11-/m0/s1. The van der Waals surface area contributed by atoms with E-state index in [9.17, 15) is 14.4 Å². The van der Waals surface area contributed by atoms with E-state index in [2.05, 4.69) is 10.1 Å². The number of carbonyl (C=O) groups excluding carboxylic acids is 2. The third kappa shape index (κ3) is 5.62. The minimum absolute atomic E-state index is 0.252. The fraction of sp³-hybridized carbons (Fsp3) is 0.357. The van der Waals surface area contributed by atoms with Crippen molar-refractivity contribution in [2.45, 2.75) is 24.9 Å². The summed E-state index contributed by atoms with van der Waals surface area (Å²) in [6, 6.07) is 6.89. The number of rotatable bonds is 7. The number of hydrogen-bond donors (Lipinski definition) is 3. The van der Waals surface area contributed by atoms with Gasteiger partial charge < -0.3 is 20.9 Å². The summed E-state index contributed by atoms with van der Waals surface area (Å²) in [6.45, 7) is 0. The first kappa shape index (κ1) is 16.6. The lowest BCUT2D eigenvalue weighted by atomic mass is 10.1. The van der Waals surface area contributed by atoms with Crippen molar-refractivity contribution in [1.29, 1.82) is 0 Å². The van der Waals surface area contributed by atoms with Gasteiger partial charge in [0.2, 0.25) is 5.91 Å². The molecule has 1 unspecified atom stereocenters. The second kappa shape index (κ2) is 8.01. The second-order valence-electron chi connectivity index (χ2n) is 4.48. The summed E-state index contributed by atoms with van der Waals surface area (Å²) in [6.07, 6.45) is -0.154. The lowest BCUT2D eigenvalue weighted by Gasteiger charge is -2.17. The first-order valence-corrected chi connectivity index (χ1v) is 6.33. The maximum absolute atomic E-state index is 11.7. The van der Waals surface area contributed by atoms with Gasteiger partial charge in [-0.2, -0.15) is 0 Å². The molecular formula is C14H18N2O5. The number of nitrogens with one attached hydrogen (secondary N) is 1. The number of carbonyl (C=O) groups is 3. The van der Waals surface area contributed by atoms with Crippen LogP contribution in [0.4, 0.5) is 0 Å². The molecule has 0 fully saturated rings. The van der Waals surface area contributed by atoms with E-state index in [0.29, 0.717) is 0 Å². The van der Waals surface area contributed by atoms with Gasteiger partial charge in [0.05, 0.1) is 13.5 Å². The fourth-order valence-electron chi connectivity index (χ4n) is 1.73. The minimum Gasteiger partial charge on any atom is -0.480 e. The molecular weight excluding hydrogens is 276 g/mol. The van der Waals surface area contributed by atoms with Gasteiger partial charge in [0.1, 0.15) is 12.1 Å². The molecule has 0 bridgehead atoms. The molecule has 0 aliphatic rings. The number of carboxylic acid groups (broad SMARTS) is 1. The number of hydrogen-bond acceptors (Lipinski definition) is 5. The highest BCUT2D eigenvalue weighted by Crippen LogP contribution is 2.05. The van der Waals surface area contributed by atoms with Gasteiger partial charge in [-0.15, -0.1) is 0 Å². The van der Waals surface area contributed by atoms with E-state index in [1.165, 1.54) is 7.11 Å². The molecule has 114 valence electrons. The van der Waals surface area contributed by atoms with Crippen LogP contribution in [0.3, 0.4) is 0 Å². The van der Waals surface area contributed by atoms with Crippen LogP contribution in [-0.2, 0) is 25.5 Å². The molecule has 1 aromatic rings. The summed E-state index contributed by atoms with van der Waals surface area (Å²) in [7, 11) is 1.22. The van der Waals surface area contributed by atoms with Crippen molar-refractivity contribution in [3.63, 3.8) is 0 Å². The molecule has 7 heteroatoms. The zero-order chi connectivity index (χ0) is 15.8. The van der Waals surface area contributed by atoms with Crippen LogP contribution in [-0.4, -0.2) is 42.1 Å². The van der Waals surface area contributed by atoms with Crippen LogP contribution in [0.2, 0.25) is 0 Å². The SMILES string of the molecule is COC(=O)[C@H](Cc1ccccc1)NC(=O)CC(N)C(=O)O. The van der Waals surface area contributed by atoms with Gasteiger partial charge >= 0.3 is 11.9 Å². The average Bonchev–Trinajstić information content (AvgIpc) is 2.46. The van der Waals surface area contributed by atoms with E-state index in [4.69, 9.17) is 10.8 Å². The highest BCUT2D eigenvalue weighted by Gasteiger charge is 2.24. The quantitative estimate of drug-likeness (QED) is 0.593. The van der Waals surface area contributed by atoms with Crippen LogP contribution in [0.1, 0.15) is 12.0 Å². The number of methoxy groups -OCH3 is 1. The maximum atomic E-state index is 11.7. The smallest absolute Gasteiger partial charge is 0.328 e. The van der Waals surface area contributed by atoms with Gasteiger partial charge in [0, 0.05) is 6.42 Å². The number of amides is 1. The molecule has 0 radical (unpaired) electrons. The van der Waals surface area contributed by atoms with E-state index < -0.39 is 36.4 Å². The molecule has 21 heavy (non-hydrogen) atoms. The van der Waals surface area contributed by atoms with Crippen LogP contribution in [0.15, 0.2) is 30.3 Å². The van der Waals surface area contributed by atoms with Crippen LogP contribution in [0.25, 0.3) is 0 Å². The second-order valence-corrected chi connectivity index (χ2v) is 4.48. The number of aliphatic carboxylic acids is 1. The molecule has 7 nitrogen and oxygen atoms in total. The molecule has 0 aliphatic carbocycles. The Morgan fingerprint density at radius 1 is 1.29 bits per heavy atom. The Bertz CT molecular complexity index is 503. The lowest BCUT2D eigenvalue weighted by Crippen LogP contribution is -2.45. The molecule has 0 heterocycles. The normalized spacial score (nSPS) is 13.0. The highest BCUT2D eigenvalue weighted by molar-refractivity contribution is 5.88. The van der Waals surface area contributed by atoms with E-state index in [1.54, 1.807) is 0 Å². The summed E-state index contributed by atoms with van der Waals surface area (Å²) in [5.74, 6) is -2.49. The Balaban J connectivity index is 2.68. The molecule has 2 atom stereocenters. The van der Waals surface area contributed by atoms with Gasteiger partial charge in [0.25, 0.3) is 0 Å². The number of ether oxygens (including phenoxy) is 1. The molecule has 1 rings (SSSR count). The summed E-state index contributed by atoms with van der Waals surface area (Å²) in [4.78, 5) is 34.0. The average molecular weight is 294 g/mol. The summed E-state index contributed by atoms with van der Waals surface area (Å²) < 4.78 is 4.64. The third-order valence-corrected chi connectivity index (χ3v) is 2.83. The van der Waals surface area contributed by atoms with E-state index >= 15 is 0 Å². The molecule has 0 aliphatic heterocycles. The monoisotopic (exact) mass is 294 g/mol. The van der Waals surface area contributed by atoms with Crippen LogP contribution in [0.5, 0.6) is 0 Å². The Hall–Kier alpha value is -2.41. The Kier molecular flexibility index (Phi) is 6.35.